The van der Waals surface area contributed by atoms with Crippen LogP contribution in [0.4, 0.5) is 5.69 Å². The maximum absolute atomic E-state index is 11.3. The summed E-state index contributed by atoms with van der Waals surface area (Å²) in [5, 5.41) is 12.4. The molecule has 2 rings (SSSR count). The smallest absolute Gasteiger partial charge is 0.337 e. The minimum Gasteiger partial charge on any atom is -0.481 e. The normalized spacial score (nSPS) is 22.1. The lowest BCUT2D eigenvalue weighted by Gasteiger charge is -2.28. The average Bonchev–Trinajstić information content (AvgIpc) is 2.47. The number of methoxy groups -OCH3 is 1. The van der Waals surface area contributed by atoms with Crippen LogP contribution in [0.1, 0.15) is 36.0 Å². The highest BCUT2D eigenvalue weighted by molar-refractivity contribution is 5.89. The maximum atomic E-state index is 11.3. The monoisotopic (exact) mass is 277 g/mol. The van der Waals surface area contributed by atoms with Crippen molar-refractivity contribution in [3.63, 3.8) is 0 Å². The third kappa shape index (κ3) is 3.50. The Hall–Kier alpha value is -2.04. The summed E-state index contributed by atoms with van der Waals surface area (Å²) in [7, 11) is 1.35. The van der Waals surface area contributed by atoms with Gasteiger partial charge in [-0.15, -0.1) is 0 Å². The zero-order chi connectivity index (χ0) is 14.5. The molecular weight excluding hydrogens is 258 g/mol. The van der Waals surface area contributed by atoms with Gasteiger partial charge in [-0.1, -0.05) is 6.42 Å². The Morgan fingerprint density at radius 2 is 1.95 bits per heavy atom. The van der Waals surface area contributed by atoms with E-state index in [1.807, 2.05) is 12.1 Å². The average molecular weight is 277 g/mol. The van der Waals surface area contributed by atoms with Crippen LogP contribution in [0.2, 0.25) is 0 Å². The minimum absolute atomic E-state index is 0.175. The maximum Gasteiger partial charge on any atom is 0.337 e. The number of esters is 1. The summed E-state index contributed by atoms with van der Waals surface area (Å²) in [4.78, 5) is 22.4. The van der Waals surface area contributed by atoms with Gasteiger partial charge in [0.15, 0.2) is 0 Å². The molecule has 2 unspecified atom stereocenters. The molecule has 5 nitrogen and oxygen atoms in total. The minimum atomic E-state index is -0.711. The SMILES string of the molecule is COC(=O)c1ccc(NC2CCCC(C(=O)O)C2)cc1. The number of carbonyl (C=O) groups is 2. The van der Waals surface area contributed by atoms with Gasteiger partial charge in [-0.25, -0.2) is 4.79 Å². The number of hydrogen-bond acceptors (Lipinski definition) is 4. The van der Waals surface area contributed by atoms with Crippen LogP contribution >= 0.6 is 0 Å². The molecule has 108 valence electrons. The van der Waals surface area contributed by atoms with Crippen molar-refractivity contribution < 1.29 is 19.4 Å². The second-order valence-electron chi connectivity index (χ2n) is 5.11. The van der Waals surface area contributed by atoms with Crippen molar-refractivity contribution in [1.82, 2.24) is 0 Å². The van der Waals surface area contributed by atoms with Crippen LogP contribution in [0.15, 0.2) is 24.3 Å². The lowest BCUT2D eigenvalue weighted by Crippen LogP contribution is -2.30. The number of nitrogens with one attached hydrogen (secondary N) is 1. The fourth-order valence-corrected chi connectivity index (χ4v) is 2.60. The molecule has 1 saturated carbocycles. The molecule has 2 N–H and O–H groups in total. The molecule has 0 radical (unpaired) electrons. The summed E-state index contributed by atoms with van der Waals surface area (Å²) in [5.41, 5.74) is 1.40. The van der Waals surface area contributed by atoms with E-state index in [1.54, 1.807) is 12.1 Å². The van der Waals surface area contributed by atoms with Crippen LogP contribution in [0.3, 0.4) is 0 Å². The van der Waals surface area contributed by atoms with Crippen LogP contribution in [0, 0.1) is 5.92 Å². The highest BCUT2D eigenvalue weighted by Gasteiger charge is 2.26. The van der Waals surface area contributed by atoms with Crippen LogP contribution in [-0.4, -0.2) is 30.2 Å². The van der Waals surface area contributed by atoms with Crippen molar-refractivity contribution in [3.05, 3.63) is 29.8 Å². The quantitative estimate of drug-likeness (QED) is 0.827. The van der Waals surface area contributed by atoms with E-state index in [1.165, 1.54) is 7.11 Å². The molecule has 1 aromatic carbocycles. The van der Waals surface area contributed by atoms with Gasteiger partial charge in [0.05, 0.1) is 18.6 Å². The summed E-state index contributed by atoms with van der Waals surface area (Å²) in [6.45, 7) is 0. The van der Waals surface area contributed by atoms with Crippen molar-refractivity contribution >= 4 is 17.6 Å². The Morgan fingerprint density at radius 1 is 1.25 bits per heavy atom. The number of anilines is 1. The molecule has 5 heteroatoms. The largest absolute Gasteiger partial charge is 0.481 e. The zero-order valence-corrected chi connectivity index (χ0v) is 11.5. The summed E-state index contributed by atoms with van der Waals surface area (Å²) >= 11 is 0. The van der Waals surface area contributed by atoms with E-state index in [0.717, 1.165) is 24.9 Å². The number of carbonyl (C=O) groups excluding carboxylic acids is 1. The van der Waals surface area contributed by atoms with Crippen molar-refractivity contribution in [2.45, 2.75) is 31.7 Å². The fourth-order valence-electron chi connectivity index (χ4n) is 2.60. The summed E-state index contributed by atoms with van der Waals surface area (Å²) in [6, 6.07) is 7.21. The summed E-state index contributed by atoms with van der Waals surface area (Å²) in [5.74, 6) is -1.33. The summed E-state index contributed by atoms with van der Waals surface area (Å²) < 4.78 is 4.64. The number of benzene rings is 1. The fraction of sp³-hybridized carbons (Fsp3) is 0.467. The number of carboxylic acids is 1. The Morgan fingerprint density at radius 3 is 2.55 bits per heavy atom. The van der Waals surface area contributed by atoms with Gasteiger partial charge in [0.2, 0.25) is 0 Å². The highest BCUT2D eigenvalue weighted by Crippen LogP contribution is 2.27. The lowest BCUT2D eigenvalue weighted by molar-refractivity contribution is -0.142. The van der Waals surface area contributed by atoms with Gasteiger partial charge in [0.1, 0.15) is 0 Å². The molecule has 0 aliphatic heterocycles. The molecule has 0 amide bonds. The molecule has 2 atom stereocenters. The van der Waals surface area contributed by atoms with Gasteiger partial charge in [0, 0.05) is 11.7 Å². The molecule has 0 saturated heterocycles. The molecule has 0 bridgehead atoms. The predicted molar refractivity (Wildman–Crippen MR) is 74.8 cm³/mol. The third-order valence-corrected chi connectivity index (χ3v) is 3.70. The Balaban J connectivity index is 1.96. The Kier molecular flexibility index (Phi) is 4.61. The van der Waals surface area contributed by atoms with Gasteiger partial charge in [-0.3, -0.25) is 4.79 Å². The van der Waals surface area contributed by atoms with Crippen molar-refractivity contribution in [2.24, 2.45) is 5.92 Å². The molecule has 0 aromatic heterocycles. The van der Waals surface area contributed by atoms with Crippen molar-refractivity contribution in [2.75, 3.05) is 12.4 Å². The second kappa shape index (κ2) is 6.41. The molecule has 0 spiro atoms. The van der Waals surface area contributed by atoms with Gasteiger partial charge < -0.3 is 15.2 Å². The van der Waals surface area contributed by atoms with Gasteiger partial charge in [-0.2, -0.15) is 0 Å². The number of hydrogen-bond donors (Lipinski definition) is 2. The van der Waals surface area contributed by atoms with Gasteiger partial charge >= 0.3 is 11.9 Å². The zero-order valence-electron chi connectivity index (χ0n) is 11.5. The van der Waals surface area contributed by atoms with Crippen molar-refractivity contribution in [3.8, 4) is 0 Å². The van der Waals surface area contributed by atoms with Gasteiger partial charge in [-0.05, 0) is 43.5 Å². The molecule has 1 fully saturated rings. The van der Waals surface area contributed by atoms with E-state index in [4.69, 9.17) is 5.11 Å². The first-order chi connectivity index (χ1) is 9.60. The molecule has 1 aliphatic rings. The second-order valence-corrected chi connectivity index (χ2v) is 5.11. The van der Waals surface area contributed by atoms with E-state index in [0.29, 0.717) is 12.0 Å². The van der Waals surface area contributed by atoms with E-state index < -0.39 is 5.97 Å². The Bertz CT molecular complexity index is 483. The third-order valence-electron chi connectivity index (χ3n) is 3.70. The van der Waals surface area contributed by atoms with Crippen LogP contribution < -0.4 is 5.32 Å². The topological polar surface area (TPSA) is 75.6 Å². The van der Waals surface area contributed by atoms with E-state index in [-0.39, 0.29) is 17.9 Å². The standard InChI is InChI=1S/C15H19NO4/c1-20-15(19)10-5-7-12(8-6-10)16-13-4-2-3-11(9-13)14(17)18/h5-8,11,13,16H,2-4,9H2,1H3,(H,17,18). The predicted octanol–water partition coefficient (Wildman–Crippen LogP) is 2.53. The number of aliphatic carboxylic acids is 1. The molecule has 20 heavy (non-hydrogen) atoms. The van der Waals surface area contributed by atoms with Crippen LogP contribution in [0.25, 0.3) is 0 Å². The lowest BCUT2D eigenvalue weighted by atomic mass is 9.85. The Labute approximate surface area is 117 Å². The van der Waals surface area contributed by atoms with E-state index in [9.17, 15) is 9.59 Å². The number of carboxylic acid groups (broad SMARTS) is 1. The molecular formula is C15H19NO4. The first kappa shape index (κ1) is 14.4. The first-order valence-electron chi connectivity index (χ1n) is 6.78. The van der Waals surface area contributed by atoms with E-state index in [2.05, 4.69) is 10.1 Å². The van der Waals surface area contributed by atoms with Crippen LogP contribution in [-0.2, 0) is 9.53 Å². The molecule has 0 heterocycles. The van der Waals surface area contributed by atoms with Gasteiger partial charge in [0.25, 0.3) is 0 Å². The number of rotatable bonds is 4. The highest BCUT2D eigenvalue weighted by atomic mass is 16.5. The first-order valence-corrected chi connectivity index (χ1v) is 6.78. The molecule has 1 aromatic rings. The summed E-state index contributed by atoms with van der Waals surface area (Å²) in [6.07, 6.45) is 3.31. The molecule has 1 aliphatic carbocycles. The van der Waals surface area contributed by atoms with E-state index >= 15 is 0 Å². The van der Waals surface area contributed by atoms with Crippen LogP contribution in [0.5, 0.6) is 0 Å². The van der Waals surface area contributed by atoms with Crippen molar-refractivity contribution in [1.29, 1.82) is 0 Å². The number of ether oxygens (including phenoxy) is 1.